The SMILES string of the molecule is COc1ccc(OC)c(CCC(=O)NC(CN)CC(C)C)c1.Cl. The minimum absolute atomic E-state index is 0. The highest BCUT2D eigenvalue weighted by molar-refractivity contribution is 5.85. The van der Waals surface area contributed by atoms with E-state index in [2.05, 4.69) is 19.2 Å². The number of methoxy groups -OCH3 is 2. The molecule has 0 radical (unpaired) electrons. The quantitative estimate of drug-likeness (QED) is 0.722. The first kappa shape index (κ1) is 21.5. The fraction of sp³-hybridized carbons (Fsp3) is 0.588. The molecule has 0 fully saturated rings. The first-order valence-corrected chi connectivity index (χ1v) is 7.70. The third-order valence-corrected chi connectivity index (χ3v) is 3.51. The third kappa shape index (κ3) is 7.57. The van der Waals surface area contributed by atoms with Gasteiger partial charge in [-0.05, 0) is 42.5 Å². The van der Waals surface area contributed by atoms with Crippen LogP contribution in [0.1, 0.15) is 32.3 Å². The molecule has 0 bridgehead atoms. The molecule has 0 heterocycles. The molecule has 0 spiro atoms. The Bertz CT molecular complexity index is 481. The van der Waals surface area contributed by atoms with E-state index >= 15 is 0 Å². The lowest BCUT2D eigenvalue weighted by molar-refractivity contribution is -0.121. The number of amides is 1. The van der Waals surface area contributed by atoms with Gasteiger partial charge in [0.25, 0.3) is 0 Å². The summed E-state index contributed by atoms with van der Waals surface area (Å²) in [5.41, 5.74) is 6.67. The van der Waals surface area contributed by atoms with E-state index in [9.17, 15) is 4.79 Å². The predicted molar refractivity (Wildman–Crippen MR) is 95.6 cm³/mol. The molecule has 0 saturated carbocycles. The molecule has 0 aliphatic rings. The molecule has 0 aliphatic carbocycles. The van der Waals surface area contributed by atoms with Gasteiger partial charge in [-0.2, -0.15) is 0 Å². The van der Waals surface area contributed by atoms with Gasteiger partial charge in [0.15, 0.2) is 0 Å². The highest BCUT2D eigenvalue weighted by atomic mass is 35.5. The maximum atomic E-state index is 12.1. The van der Waals surface area contributed by atoms with Crippen molar-refractivity contribution in [2.45, 2.75) is 39.2 Å². The molecule has 1 aromatic rings. The Balaban J connectivity index is 0.00000484. The monoisotopic (exact) mass is 344 g/mol. The van der Waals surface area contributed by atoms with Crippen LogP contribution in [0.4, 0.5) is 0 Å². The molecule has 6 heteroatoms. The average molecular weight is 345 g/mol. The summed E-state index contributed by atoms with van der Waals surface area (Å²) in [6.07, 6.45) is 1.90. The smallest absolute Gasteiger partial charge is 0.220 e. The molecular weight excluding hydrogens is 316 g/mol. The highest BCUT2D eigenvalue weighted by Crippen LogP contribution is 2.25. The van der Waals surface area contributed by atoms with Gasteiger partial charge in [-0.1, -0.05) is 13.8 Å². The lowest BCUT2D eigenvalue weighted by Crippen LogP contribution is -2.41. The summed E-state index contributed by atoms with van der Waals surface area (Å²) in [5.74, 6) is 2.05. The molecular formula is C17H29ClN2O3. The number of rotatable bonds is 9. The molecule has 23 heavy (non-hydrogen) atoms. The fourth-order valence-electron chi connectivity index (χ4n) is 2.41. The summed E-state index contributed by atoms with van der Waals surface area (Å²) >= 11 is 0. The van der Waals surface area contributed by atoms with E-state index in [1.165, 1.54) is 0 Å². The highest BCUT2D eigenvalue weighted by Gasteiger charge is 2.13. The lowest BCUT2D eigenvalue weighted by atomic mass is 10.0. The number of nitrogens with one attached hydrogen (secondary N) is 1. The first-order valence-electron chi connectivity index (χ1n) is 7.70. The van der Waals surface area contributed by atoms with Crippen LogP contribution in [0.2, 0.25) is 0 Å². The van der Waals surface area contributed by atoms with E-state index in [0.29, 0.717) is 25.3 Å². The van der Waals surface area contributed by atoms with Gasteiger partial charge in [-0.15, -0.1) is 12.4 Å². The maximum Gasteiger partial charge on any atom is 0.220 e. The van der Waals surface area contributed by atoms with E-state index in [1.807, 2.05) is 18.2 Å². The second-order valence-electron chi connectivity index (χ2n) is 5.81. The van der Waals surface area contributed by atoms with E-state index in [4.69, 9.17) is 15.2 Å². The molecule has 1 aromatic carbocycles. The van der Waals surface area contributed by atoms with Crippen molar-refractivity contribution < 1.29 is 14.3 Å². The zero-order chi connectivity index (χ0) is 16.5. The summed E-state index contributed by atoms with van der Waals surface area (Å²) in [6, 6.07) is 5.64. The molecule has 1 unspecified atom stereocenters. The number of ether oxygens (including phenoxy) is 2. The second kappa shape index (κ2) is 11.1. The van der Waals surface area contributed by atoms with Gasteiger partial charge in [0.05, 0.1) is 14.2 Å². The Morgan fingerprint density at radius 1 is 1.26 bits per heavy atom. The number of hydrogen-bond acceptors (Lipinski definition) is 4. The second-order valence-corrected chi connectivity index (χ2v) is 5.81. The van der Waals surface area contributed by atoms with Crippen molar-refractivity contribution in [3.05, 3.63) is 23.8 Å². The number of aryl methyl sites for hydroxylation is 1. The summed E-state index contributed by atoms with van der Waals surface area (Å²) in [6.45, 7) is 4.71. The van der Waals surface area contributed by atoms with Crippen molar-refractivity contribution in [1.29, 1.82) is 0 Å². The largest absolute Gasteiger partial charge is 0.497 e. The average Bonchev–Trinajstić information content (AvgIpc) is 2.51. The third-order valence-electron chi connectivity index (χ3n) is 3.51. The van der Waals surface area contributed by atoms with E-state index < -0.39 is 0 Å². The Morgan fingerprint density at radius 3 is 2.48 bits per heavy atom. The molecule has 0 saturated heterocycles. The van der Waals surface area contributed by atoms with Crippen molar-refractivity contribution in [3.63, 3.8) is 0 Å². The van der Waals surface area contributed by atoms with Crippen molar-refractivity contribution in [3.8, 4) is 11.5 Å². The van der Waals surface area contributed by atoms with Gasteiger partial charge in [0.2, 0.25) is 5.91 Å². The van der Waals surface area contributed by atoms with E-state index in [0.717, 1.165) is 23.5 Å². The molecule has 132 valence electrons. The molecule has 0 aliphatic heterocycles. The molecule has 3 N–H and O–H groups in total. The van der Waals surface area contributed by atoms with Crippen LogP contribution in [0, 0.1) is 5.92 Å². The van der Waals surface area contributed by atoms with Crippen LogP contribution in [-0.2, 0) is 11.2 Å². The summed E-state index contributed by atoms with van der Waals surface area (Å²) in [7, 11) is 3.24. The van der Waals surface area contributed by atoms with Gasteiger partial charge in [0, 0.05) is 19.0 Å². The number of nitrogens with two attached hydrogens (primary N) is 1. The normalized spacial score (nSPS) is 11.6. The summed E-state index contributed by atoms with van der Waals surface area (Å²) in [5, 5.41) is 3.00. The van der Waals surface area contributed by atoms with Crippen molar-refractivity contribution in [1.82, 2.24) is 5.32 Å². The molecule has 1 amide bonds. The Kier molecular flexibility index (Phi) is 10.4. The van der Waals surface area contributed by atoms with Crippen molar-refractivity contribution >= 4 is 18.3 Å². The zero-order valence-corrected chi connectivity index (χ0v) is 15.2. The number of benzene rings is 1. The zero-order valence-electron chi connectivity index (χ0n) is 14.4. The van der Waals surface area contributed by atoms with Gasteiger partial charge in [-0.3, -0.25) is 4.79 Å². The lowest BCUT2D eigenvalue weighted by Gasteiger charge is -2.19. The Labute approximate surface area is 145 Å². The minimum Gasteiger partial charge on any atom is -0.497 e. The van der Waals surface area contributed by atoms with Crippen LogP contribution in [-0.4, -0.2) is 32.7 Å². The van der Waals surface area contributed by atoms with Crippen LogP contribution >= 0.6 is 12.4 Å². The fourth-order valence-corrected chi connectivity index (χ4v) is 2.41. The summed E-state index contributed by atoms with van der Waals surface area (Å²) < 4.78 is 10.5. The summed E-state index contributed by atoms with van der Waals surface area (Å²) in [4.78, 5) is 12.1. The van der Waals surface area contributed by atoms with Crippen molar-refractivity contribution in [2.75, 3.05) is 20.8 Å². The van der Waals surface area contributed by atoms with E-state index in [1.54, 1.807) is 14.2 Å². The van der Waals surface area contributed by atoms with Crippen LogP contribution in [0.3, 0.4) is 0 Å². The topological polar surface area (TPSA) is 73.6 Å². The van der Waals surface area contributed by atoms with Crippen LogP contribution in [0.25, 0.3) is 0 Å². The van der Waals surface area contributed by atoms with Gasteiger partial charge in [-0.25, -0.2) is 0 Å². The first-order chi connectivity index (χ1) is 10.5. The minimum atomic E-state index is 0. The maximum absolute atomic E-state index is 12.1. The number of carbonyl (C=O) groups excluding carboxylic acids is 1. The standard InChI is InChI=1S/C17H28N2O3.ClH/c1-12(2)9-14(11-18)19-17(20)8-5-13-10-15(21-3)6-7-16(13)22-4;/h6-7,10,12,14H,5,8-9,11,18H2,1-4H3,(H,19,20);1H. The molecule has 1 atom stereocenters. The van der Waals surface area contributed by atoms with Crippen LogP contribution < -0.4 is 20.5 Å². The van der Waals surface area contributed by atoms with Gasteiger partial charge < -0.3 is 20.5 Å². The molecule has 0 aromatic heterocycles. The predicted octanol–water partition coefficient (Wildman–Crippen LogP) is 2.55. The Hall–Kier alpha value is -1.46. The molecule has 5 nitrogen and oxygen atoms in total. The Morgan fingerprint density at radius 2 is 1.96 bits per heavy atom. The number of hydrogen-bond donors (Lipinski definition) is 2. The van der Waals surface area contributed by atoms with Crippen molar-refractivity contribution in [2.24, 2.45) is 11.7 Å². The number of halogens is 1. The van der Waals surface area contributed by atoms with Gasteiger partial charge in [0.1, 0.15) is 11.5 Å². The molecule has 1 rings (SSSR count). The van der Waals surface area contributed by atoms with Crippen LogP contribution in [0.15, 0.2) is 18.2 Å². The van der Waals surface area contributed by atoms with Gasteiger partial charge >= 0.3 is 0 Å². The number of carbonyl (C=O) groups is 1. The van der Waals surface area contributed by atoms with E-state index in [-0.39, 0.29) is 24.4 Å². The van der Waals surface area contributed by atoms with Crippen LogP contribution in [0.5, 0.6) is 11.5 Å².